The van der Waals surface area contributed by atoms with Gasteiger partial charge in [-0.05, 0) is 42.7 Å². The third-order valence-electron chi connectivity index (χ3n) is 4.95. The van der Waals surface area contributed by atoms with Crippen LogP contribution < -0.4 is 9.47 Å². The number of hydrogen-bond acceptors (Lipinski definition) is 3. The van der Waals surface area contributed by atoms with Gasteiger partial charge in [0.05, 0.1) is 12.5 Å². The van der Waals surface area contributed by atoms with Gasteiger partial charge in [-0.2, -0.15) is 0 Å². The molecule has 2 aliphatic rings. The Kier molecular flexibility index (Phi) is 4.46. The van der Waals surface area contributed by atoms with Gasteiger partial charge < -0.3 is 18.9 Å². The van der Waals surface area contributed by atoms with Crippen molar-refractivity contribution in [2.45, 2.75) is 25.3 Å². The van der Waals surface area contributed by atoms with Crippen LogP contribution in [0.3, 0.4) is 0 Å². The molecule has 5 nitrogen and oxygen atoms in total. The summed E-state index contributed by atoms with van der Waals surface area (Å²) in [6, 6.07) is 8.13. The van der Waals surface area contributed by atoms with Crippen molar-refractivity contribution >= 4 is 21.8 Å². The van der Waals surface area contributed by atoms with Crippen LogP contribution in [0, 0.1) is 0 Å². The van der Waals surface area contributed by atoms with E-state index in [-0.39, 0.29) is 11.9 Å². The second kappa shape index (κ2) is 6.75. The normalized spacial score (nSPS) is 19.3. The molecule has 0 aliphatic carbocycles. The number of halogens is 1. The average Bonchev–Trinajstić information content (AvgIpc) is 3.23. The number of aromatic nitrogens is 1. The van der Waals surface area contributed by atoms with Crippen molar-refractivity contribution in [2.75, 3.05) is 19.8 Å². The molecule has 1 saturated heterocycles. The molecular weight excluding hydrogens is 384 g/mol. The number of aryl methyl sites for hydroxylation is 1. The molecule has 2 aliphatic heterocycles. The van der Waals surface area contributed by atoms with Gasteiger partial charge in [0.25, 0.3) is 0 Å². The van der Waals surface area contributed by atoms with Gasteiger partial charge in [0.15, 0.2) is 11.5 Å². The lowest BCUT2D eigenvalue weighted by atomic mass is 10.1. The summed E-state index contributed by atoms with van der Waals surface area (Å²) in [6.45, 7) is 1.92. The van der Waals surface area contributed by atoms with E-state index in [0.29, 0.717) is 19.6 Å². The number of hydrogen-bond donors (Lipinski definition) is 0. The van der Waals surface area contributed by atoms with Gasteiger partial charge in [0.1, 0.15) is 13.2 Å². The predicted molar refractivity (Wildman–Crippen MR) is 97.9 cm³/mol. The van der Waals surface area contributed by atoms with Crippen LogP contribution in [0.25, 0.3) is 0 Å². The number of nitrogens with zero attached hydrogens (tertiary/aromatic N) is 2. The van der Waals surface area contributed by atoms with Crippen molar-refractivity contribution in [1.29, 1.82) is 0 Å². The molecule has 1 amide bonds. The molecule has 25 heavy (non-hydrogen) atoms. The van der Waals surface area contributed by atoms with Gasteiger partial charge in [-0.3, -0.25) is 4.79 Å². The molecule has 2 aromatic rings. The summed E-state index contributed by atoms with van der Waals surface area (Å²) >= 11 is 3.57. The lowest BCUT2D eigenvalue weighted by molar-refractivity contribution is -0.131. The Morgan fingerprint density at radius 2 is 2.04 bits per heavy atom. The number of rotatable bonds is 3. The first-order valence-corrected chi connectivity index (χ1v) is 9.41. The molecule has 1 aromatic heterocycles. The zero-order chi connectivity index (χ0) is 17.4. The van der Waals surface area contributed by atoms with Gasteiger partial charge in [0, 0.05) is 30.0 Å². The largest absolute Gasteiger partial charge is 0.486 e. The molecule has 132 valence electrons. The first kappa shape index (κ1) is 16.5. The molecule has 4 rings (SSSR count). The minimum Gasteiger partial charge on any atom is -0.486 e. The van der Waals surface area contributed by atoms with E-state index in [1.165, 1.54) is 5.69 Å². The molecule has 6 heteroatoms. The molecule has 0 saturated carbocycles. The number of likely N-dealkylation sites (tertiary alicyclic amines) is 1. The van der Waals surface area contributed by atoms with Crippen molar-refractivity contribution in [3.63, 3.8) is 0 Å². The third-order valence-corrected chi connectivity index (χ3v) is 5.69. The number of fused-ring (bicyclic) bond motifs is 1. The highest BCUT2D eigenvalue weighted by Gasteiger charge is 2.31. The molecular formula is C19H21BrN2O3. The predicted octanol–water partition coefficient (Wildman–Crippen LogP) is 3.47. The Bertz CT molecular complexity index is 802. The fourth-order valence-corrected chi connectivity index (χ4v) is 4.16. The highest BCUT2D eigenvalue weighted by molar-refractivity contribution is 9.10. The van der Waals surface area contributed by atoms with E-state index >= 15 is 0 Å². The number of amides is 1. The molecule has 3 heterocycles. The summed E-state index contributed by atoms with van der Waals surface area (Å²) in [7, 11) is 2.04. The maximum Gasteiger partial charge on any atom is 0.227 e. The van der Waals surface area contributed by atoms with Crippen molar-refractivity contribution in [3.8, 4) is 11.5 Å². The Hall–Kier alpha value is -1.95. The van der Waals surface area contributed by atoms with Crippen LogP contribution >= 0.6 is 15.9 Å². The SMILES string of the molecule is Cn1cccc1C1CCCN1C(=O)Cc1cc2c(cc1Br)OCCO2. The first-order valence-electron chi connectivity index (χ1n) is 8.62. The van der Waals surface area contributed by atoms with Gasteiger partial charge in [-0.25, -0.2) is 0 Å². The Morgan fingerprint density at radius 3 is 2.76 bits per heavy atom. The van der Waals surface area contributed by atoms with Crippen molar-refractivity contribution in [1.82, 2.24) is 9.47 Å². The van der Waals surface area contributed by atoms with Gasteiger partial charge in [-0.15, -0.1) is 0 Å². The summed E-state index contributed by atoms with van der Waals surface area (Å²) in [6.07, 6.45) is 4.46. The quantitative estimate of drug-likeness (QED) is 0.786. The first-order chi connectivity index (χ1) is 12.1. The molecule has 1 unspecified atom stereocenters. The molecule has 0 N–H and O–H groups in total. The van der Waals surface area contributed by atoms with Crippen molar-refractivity contribution in [3.05, 3.63) is 46.2 Å². The zero-order valence-electron chi connectivity index (χ0n) is 14.2. The standard InChI is InChI=1S/C19H21BrN2O3/c1-21-6-2-4-15(21)16-5-3-7-22(16)19(23)11-13-10-17-18(12-14(13)20)25-9-8-24-17/h2,4,6,10,12,16H,3,5,7-9,11H2,1H3. The minimum absolute atomic E-state index is 0.154. The highest BCUT2D eigenvalue weighted by Crippen LogP contribution is 2.37. The minimum atomic E-state index is 0.154. The van der Waals surface area contributed by atoms with E-state index in [1.54, 1.807) is 0 Å². The van der Waals surface area contributed by atoms with Crippen LogP contribution in [0.4, 0.5) is 0 Å². The van der Waals surface area contributed by atoms with Crippen LogP contribution in [0.5, 0.6) is 11.5 Å². The summed E-state index contributed by atoms with van der Waals surface area (Å²) in [5.41, 5.74) is 2.14. The average molecular weight is 405 g/mol. The van der Waals surface area contributed by atoms with Crippen LogP contribution in [-0.4, -0.2) is 35.1 Å². The summed E-state index contributed by atoms with van der Waals surface area (Å²) < 4.78 is 14.2. The lowest BCUT2D eigenvalue weighted by Crippen LogP contribution is -2.32. The second-order valence-corrected chi connectivity index (χ2v) is 7.41. The van der Waals surface area contributed by atoms with Gasteiger partial charge in [0.2, 0.25) is 5.91 Å². The van der Waals surface area contributed by atoms with E-state index in [4.69, 9.17) is 9.47 Å². The summed E-state index contributed by atoms with van der Waals surface area (Å²) in [5, 5.41) is 0. The monoisotopic (exact) mass is 404 g/mol. The topological polar surface area (TPSA) is 43.7 Å². The van der Waals surface area contributed by atoms with Crippen LogP contribution in [0.15, 0.2) is 34.9 Å². The van der Waals surface area contributed by atoms with Crippen LogP contribution in [-0.2, 0) is 18.3 Å². The maximum absolute atomic E-state index is 13.0. The molecule has 0 radical (unpaired) electrons. The molecule has 0 spiro atoms. The number of carbonyl (C=O) groups is 1. The zero-order valence-corrected chi connectivity index (χ0v) is 15.8. The van der Waals surface area contributed by atoms with Gasteiger partial charge in [-0.1, -0.05) is 15.9 Å². The second-order valence-electron chi connectivity index (χ2n) is 6.55. The number of ether oxygens (including phenoxy) is 2. The van der Waals surface area contributed by atoms with E-state index in [1.807, 2.05) is 36.3 Å². The maximum atomic E-state index is 13.0. The van der Waals surface area contributed by atoms with E-state index in [0.717, 1.165) is 40.9 Å². The summed E-state index contributed by atoms with van der Waals surface area (Å²) in [5.74, 6) is 1.61. The number of carbonyl (C=O) groups excluding carboxylic acids is 1. The van der Waals surface area contributed by atoms with Crippen molar-refractivity contribution < 1.29 is 14.3 Å². The smallest absolute Gasteiger partial charge is 0.227 e. The molecule has 1 atom stereocenters. The van der Waals surface area contributed by atoms with Gasteiger partial charge >= 0.3 is 0 Å². The fourth-order valence-electron chi connectivity index (χ4n) is 3.70. The molecule has 0 bridgehead atoms. The fraction of sp³-hybridized carbons (Fsp3) is 0.421. The van der Waals surface area contributed by atoms with E-state index in [2.05, 4.69) is 26.6 Å². The molecule has 1 aromatic carbocycles. The molecule has 1 fully saturated rings. The Balaban J connectivity index is 1.54. The van der Waals surface area contributed by atoms with Crippen LogP contribution in [0.1, 0.15) is 30.1 Å². The highest BCUT2D eigenvalue weighted by atomic mass is 79.9. The van der Waals surface area contributed by atoms with Crippen LogP contribution in [0.2, 0.25) is 0 Å². The van der Waals surface area contributed by atoms with E-state index in [9.17, 15) is 4.79 Å². The van der Waals surface area contributed by atoms with Crippen molar-refractivity contribution in [2.24, 2.45) is 7.05 Å². The summed E-state index contributed by atoms with van der Waals surface area (Å²) in [4.78, 5) is 15.0. The number of benzene rings is 1. The third kappa shape index (κ3) is 3.15. The lowest BCUT2D eigenvalue weighted by Gasteiger charge is -2.26. The Labute approximate surface area is 155 Å². The Morgan fingerprint density at radius 1 is 1.28 bits per heavy atom. The van der Waals surface area contributed by atoms with E-state index < -0.39 is 0 Å².